The van der Waals surface area contributed by atoms with Gasteiger partial charge in [0, 0.05) is 5.56 Å². The molecule has 0 fully saturated rings. The van der Waals surface area contributed by atoms with Crippen LogP contribution in [0.5, 0.6) is 0 Å². The standard InChI is InChI=1S/C23H25F2NO3/c1-22(2,3)29-21(28)26-19(16-10-12-17(24)13-11-16)23(25)14-6-8-15-7-4-5-9-18(15)20(23)27/h4-5,7,9-13,19H,6,8,14H2,1-3H3,(H,26,28)/t19-,23-/m0/s1. The fraction of sp³-hybridized carbons (Fsp3) is 0.391. The number of halogens is 2. The third kappa shape index (κ3) is 4.63. The number of carbonyl (C=O) groups excluding carboxylic acids is 2. The highest BCUT2D eigenvalue weighted by Crippen LogP contribution is 2.40. The number of amides is 1. The van der Waals surface area contributed by atoms with Gasteiger partial charge in [0.25, 0.3) is 0 Å². The Hall–Kier alpha value is -2.76. The van der Waals surface area contributed by atoms with Crippen molar-refractivity contribution in [3.63, 3.8) is 0 Å². The van der Waals surface area contributed by atoms with Crippen LogP contribution in [0.3, 0.4) is 0 Å². The highest BCUT2D eigenvalue weighted by Gasteiger charge is 2.49. The Kier molecular flexibility index (Phi) is 5.73. The number of aryl methyl sites for hydroxylation is 1. The summed E-state index contributed by atoms with van der Waals surface area (Å²) < 4.78 is 35.2. The molecule has 1 amide bonds. The van der Waals surface area contributed by atoms with E-state index in [1.807, 2.05) is 12.1 Å². The van der Waals surface area contributed by atoms with Crippen molar-refractivity contribution in [2.24, 2.45) is 0 Å². The van der Waals surface area contributed by atoms with Crippen molar-refractivity contribution in [3.05, 3.63) is 71.0 Å². The molecule has 2 atom stereocenters. The van der Waals surface area contributed by atoms with Gasteiger partial charge >= 0.3 is 6.09 Å². The van der Waals surface area contributed by atoms with Crippen LogP contribution < -0.4 is 5.32 Å². The van der Waals surface area contributed by atoms with Crippen LogP contribution in [-0.2, 0) is 11.2 Å². The summed E-state index contributed by atoms with van der Waals surface area (Å²) in [7, 11) is 0. The Balaban J connectivity index is 2.03. The first-order valence-corrected chi connectivity index (χ1v) is 9.67. The van der Waals surface area contributed by atoms with Crippen molar-refractivity contribution in [2.75, 3.05) is 0 Å². The molecule has 0 unspecified atom stereocenters. The highest BCUT2D eigenvalue weighted by atomic mass is 19.1. The van der Waals surface area contributed by atoms with Crippen LogP contribution in [0.1, 0.15) is 61.1 Å². The second-order valence-electron chi connectivity index (χ2n) is 8.33. The zero-order chi connectivity index (χ0) is 21.2. The number of ether oxygens (including phenoxy) is 1. The average molecular weight is 401 g/mol. The molecule has 0 aliphatic heterocycles. The number of benzene rings is 2. The van der Waals surface area contributed by atoms with Crippen molar-refractivity contribution < 1.29 is 23.1 Å². The van der Waals surface area contributed by atoms with E-state index >= 15 is 4.39 Å². The van der Waals surface area contributed by atoms with Crippen LogP contribution >= 0.6 is 0 Å². The predicted molar refractivity (Wildman–Crippen MR) is 106 cm³/mol. The number of Topliss-reactive ketones (excluding diaryl/α,β-unsaturated/α-hetero) is 1. The third-order valence-electron chi connectivity index (χ3n) is 4.95. The number of nitrogens with one attached hydrogen (secondary N) is 1. The quantitative estimate of drug-likeness (QED) is 0.709. The first-order chi connectivity index (χ1) is 13.6. The molecule has 0 heterocycles. The summed E-state index contributed by atoms with van der Waals surface area (Å²) in [4.78, 5) is 25.7. The summed E-state index contributed by atoms with van der Waals surface area (Å²) in [6, 6.07) is 10.7. The minimum absolute atomic E-state index is 0.0711. The average Bonchev–Trinajstić information content (AvgIpc) is 2.77. The van der Waals surface area contributed by atoms with Gasteiger partial charge in [0.2, 0.25) is 5.78 Å². The summed E-state index contributed by atoms with van der Waals surface area (Å²) in [5, 5.41) is 2.53. The van der Waals surface area contributed by atoms with Gasteiger partial charge < -0.3 is 10.1 Å². The largest absolute Gasteiger partial charge is 0.444 e. The lowest BCUT2D eigenvalue weighted by Crippen LogP contribution is -2.49. The molecule has 0 saturated heterocycles. The summed E-state index contributed by atoms with van der Waals surface area (Å²) >= 11 is 0. The second kappa shape index (κ2) is 7.93. The lowest BCUT2D eigenvalue weighted by Gasteiger charge is -2.33. The van der Waals surface area contributed by atoms with E-state index in [1.54, 1.807) is 32.9 Å². The van der Waals surface area contributed by atoms with Gasteiger partial charge in [-0.3, -0.25) is 4.79 Å². The van der Waals surface area contributed by atoms with Crippen molar-refractivity contribution in [3.8, 4) is 0 Å². The van der Waals surface area contributed by atoms with E-state index in [1.165, 1.54) is 24.3 Å². The molecular weight excluding hydrogens is 376 g/mol. The fourth-order valence-electron chi connectivity index (χ4n) is 3.65. The van der Waals surface area contributed by atoms with E-state index in [9.17, 15) is 14.0 Å². The van der Waals surface area contributed by atoms with Gasteiger partial charge in [-0.25, -0.2) is 13.6 Å². The molecule has 0 bridgehead atoms. The molecule has 3 rings (SSSR count). The molecule has 2 aromatic carbocycles. The number of rotatable bonds is 3. The number of carbonyl (C=O) groups is 2. The number of alkyl halides is 1. The van der Waals surface area contributed by atoms with E-state index in [-0.39, 0.29) is 6.42 Å². The monoisotopic (exact) mass is 401 g/mol. The minimum Gasteiger partial charge on any atom is -0.444 e. The van der Waals surface area contributed by atoms with Crippen LogP contribution in [0.2, 0.25) is 0 Å². The molecule has 1 N–H and O–H groups in total. The summed E-state index contributed by atoms with van der Waals surface area (Å²) in [5.41, 5.74) is -1.78. The van der Waals surface area contributed by atoms with E-state index in [0.717, 1.165) is 5.56 Å². The van der Waals surface area contributed by atoms with Crippen molar-refractivity contribution in [1.29, 1.82) is 0 Å². The van der Waals surface area contributed by atoms with Gasteiger partial charge in [0.1, 0.15) is 11.4 Å². The Labute approximate surface area is 169 Å². The zero-order valence-electron chi connectivity index (χ0n) is 16.8. The topological polar surface area (TPSA) is 55.4 Å². The van der Waals surface area contributed by atoms with Crippen LogP contribution in [0.4, 0.5) is 13.6 Å². The molecule has 2 aromatic rings. The molecule has 0 spiro atoms. The molecule has 0 radical (unpaired) electrons. The zero-order valence-corrected chi connectivity index (χ0v) is 16.8. The molecule has 0 saturated carbocycles. The summed E-state index contributed by atoms with van der Waals surface area (Å²) in [5.74, 6) is -1.17. The van der Waals surface area contributed by atoms with Crippen LogP contribution in [-0.4, -0.2) is 23.1 Å². The van der Waals surface area contributed by atoms with Crippen molar-refractivity contribution >= 4 is 11.9 Å². The molecule has 0 aromatic heterocycles. The molecule has 1 aliphatic carbocycles. The Morgan fingerprint density at radius 1 is 1.14 bits per heavy atom. The van der Waals surface area contributed by atoms with Crippen molar-refractivity contribution in [1.82, 2.24) is 5.32 Å². The Morgan fingerprint density at radius 3 is 2.45 bits per heavy atom. The Bertz CT molecular complexity index is 905. The second-order valence-corrected chi connectivity index (χ2v) is 8.33. The van der Waals surface area contributed by atoms with Crippen LogP contribution in [0.15, 0.2) is 48.5 Å². The number of fused-ring (bicyclic) bond motifs is 1. The van der Waals surface area contributed by atoms with Crippen LogP contribution in [0, 0.1) is 5.82 Å². The lowest BCUT2D eigenvalue weighted by atomic mass is 9.81. The number of hydrogen-bond donors (Lipinski definition) is 1. The SMILES string of the molecule is CC(C)(C)OC(=O)N[C@@H](c1ccc(F)cc1)[C@@]1(F)CCCc2ccccc2C1=O. The van der Waals surface area contributed by atoms with Gasteiger partial charge in [0.15, 0.2) is 5.67 Å². The molecule has 1 aliphatic rings. The smallest absolute Gasteiger partial charge is 0.408 e. The van der Waals surface area contributed by atoms with Crippen molar-refractivity contribution in [2.45, 2.75) is 57.3 Å². The lowest BCUT2D eigenvalue weighted by molar-refractivity contribution is 0.0336. The predicted octanol–water partition coefficient (Wildman–Crippen LogP) is 5.32. The minimum atomic E-state index is -2.39. The maximum atomic E-state index is 16.4. The number of alkyl carbamates (subject to hydrolysis) is 1. The maximum absolute atomic E-state index is 16.4. The van der Waals surface area contributed by atoms with E-state index in [0.29, 0.717) is 24.0 Å². The molecule has 4 nitrogen and oxygen atoms in total. The van der Waals surface area contributed by atoms with E-state index in [2.05, 4.69) is 5.32 Å². The van der Waals surface area contributed by atoms with Gasteiger partial charge in [-0.05, 0) is 63.3 Å². The number of hydrogen-bond acceptors (Lipinski definition) is 3. The number of ketones is 1. The van der Waals surface area contributed by atoms with E-state index < -0.39 is 35.0 Å². The van der Waals surface area contributed by atoms with Gasteiger partial charge in [-0.15, -0.1) is 0 Å². The van der Waals surface area contributed by atoms with Crippen LogP contribution in [0.25, 0.3) is 0 Å². The molecule has 154 valence electrons. The highest BCUT2D eigenvalue weighted by molar-refractivity contribution is 6.04. The van der Waals surface area contributed by atoms with E-state index in [4.69, 9.17) is 4.74 Å². The molecular formula is C23H25F2NO3. The molecule has 6 heteroatoms. The summed E-state index contributed by atoms with van der Waals surface area (Å²) in [6.07, 6.45) is 0.0933. The normalized spacial score (nSPS) is 20.4. The third-order valence-corrected chi connectivity index (χ3v) is 4.95. The van der Waals surface area contributed by atoms with Gasteiger partial charge in [-0.2, -0.15) is 0 Å². The maximum Gasteiger partial charge on any atom is 0.408 e. The first-order valence-electron chi connectivity index (χ1n) is 9.67. The fourth-order valence-corrected chi connectivity index (χ4v) is 3.65. The Morgan fingerprint density at radius 2 is 1.79 bits per heavy atom. The summed E-state index contributed by atoms with van der Waals surface area (Å²) in [6.45, 7) is 5.08. The molecule has 29 heavy (non-hydrogen) atoms. The van der Waals surface area contributed by atoms with Gasteiger partial charge in [-0.1, -0.05) is 36.4 Å². The van der Waals surface area contributed by atoms with Gasteiger partial charge in [0.05, 0.1) is 6.04 Å². The first kappa shape index (κ1) is 21.0.